The Hall–Kier alpha value is -3.09. The van der Waals surface area contributed by atoms with Gasteiger partial charge in [0.25, 0.3) is 0 Å². The van der Waals surface area contributed by atoms with E-state index in [9.17, 15) is 29.5 Å². The fraction of sp³-hybridized carbons (Fsp3) is 0.381. The predicted octanol–water partition coefficient (Wildman–Crippen LogP) is 6.06. The van der Waals surface area contributed by atoms with Gasteiger partial charge >= 0.3 is 10.2 Å². The maximum Gasteiger partial charge on any atom is 0.310 e. The van der Waals surface area contributed by atoms with E-state index in [0.29, 0.717) is 24.5 Å². The molecule has 0 aliphatic heterocycles. The minimum atomic E-state index is -10.1. The lowest BCUT2D eigenvalue weighted by atomic mass is 9.94. The second kappa shape index (κ2) is 7.96. The van der Waals surface area contributed by atoms with Crippen molar-refractivity contribution in [2.75, 3.05) is 5.32 Å². The summed E-state index contributed by atoms with van der Waals surface area (Å²) >= 11 is 12.1. The molecule has 0 atom stereocenters. The number of anilines is 1. The van der Waals surface area contributed by atoms with Gasteiger partial charge in [0, 0.05) is 11.6 Å². The SMILES string of the molecule is Cc1nc(CNC(=O)C2(c3c(C#N)nn(-c4c(Cl)cc(S(F)(F)(F)(F)F)cc4Cl)c3NC3CC3)CC2)n[nH]1. The molecule has 3 N–H and O–H groups in total. The van der Waals surface area contributed by atoms with E-state index >= 15 is 0 Å². The van der Waals surface area contributed by atoms with Crippen LogP contribution in [0.4, 0.5) is 25.2 Å². The number of aryl methyl sites for hydroxylation is 1. The van der Waals surface area contributed by atoms with E-state index in [4.69, 9.17) is 23.2 Å². The zero-order valence-corrected chi connectivity index (χ0v) is 21.8. The molecule has 9 nitrogen and oxygen atoms in total. The van der Waals surface area contributed by atoms with Crippen molar-refractivity contribution in [3.05, 3.63) is 45.1 Å². The third kappa shape index (κ3) is 4.87. The number of hydrogen-bond donors (Lipinski definition) is 3. The first kappa shape index (κ1) is 26.5. The fourth-order valence-electron chi connectivity index (χ4n) is 4.15. The van der Waals surface area contributed by atoms with Gasteiger partial charge in [-0.25, -0.2) is 9.67 Å². The first-order valence-electron chi connectivity index (χ1n) is 11.2. The summed E-state index contributed by atoms with van der Waals surface area (Å²) in [6, 6.07) is 2.02. The van der Waals surface area contributed by atoms with E-state index < -0.39 is 36.5 Å². The predicted molar refractivity (Wildman–Crippen MR) is 130 cm³/mol. The van der Waals surface area contributed by atoms with E-state index in [-0.39, 0.29) is 47.5 Å². The summed E-state index contributed by atoms with van der Waals surface area (Å²) in [7, 11) is -10.1. The summed E-state index contributed by atoms with van der Waals surface area (Å²) in [5, 5.41) is 25.1. The monoisotopic (exact) mass is 596 g/mol. The van der Waals surface area contributed by atoms with Crippen LogP contribution in [-0.2, 0) is 16.8 Å². The zero-order valence-electron chi connectivity index (χ0n) is 19.5. The zero-order chi connectivity index (χ0) is 27.7. The number of amides is 1. The van der Waals surface area contributed by atoms with Crippen molar-refractivity contribution in [2.45, 2.75) is 55.5 Å². The van der Waals surface area contributed by atoms with Gasteiger partial charge in [-0.05, 0) is 44.7 Å². The Labute approximate surface area is 222 Å². The van der Waals surface area contributed by atoms with Crippen molar-refractivity contribution >= 4 is 45.2 Å². The van der Waals surface area contributed by atoms with E-state index in [0.717, 1.165) is 17.5 Å². The van der Waals surface area contributed by atoms with E-state index in [1.54, 1.807) is 6.92 Å². The van der Waals surface area contributed by atoms with Gasteiger partial charge in [0.15, 0.2) is 11.5 Å². The smallest absolute Gasteiger partial charge is 0.310 e. The van der Waals surface area contributed by atoms with Gasteiger partial charge in [0.2, 0.25) is 5.91 Å². The number of benzene rings is 1. The Morgan fingerprint density at radius 2 is 1.87 bits per heavy atom. The van der Waals surface area contributed by atoms with Crippen molar-refractivity contribution < 1.29 is 24.2 Å². The van der Waals surface area contributed by atoms with Gasteiger partial charge in [0.05, 0.1) is 22.0 Å². The molecule has 2 heterocycles. The van der Waals surface area contributed by atoms with E-state index in [2.05, 4.69) is 30.9 Å². The highest BCUT2D eigenvalue weighted by Crippen LogP contribution is 3.02. The Morgan fingerprint density at radius 1 is 1.24 bits per heavy atom. The van der Waals surface area contributed by atoms with Crippen LogP contribution in [0.5, 0.6) is 0 Å². The molecule has 0 radical (unpaired) electrons. The number of nitrogens with zero attached hydrogens (tertiary/aromatic N) is 5. The number of carbonyl (C=O) groups is 1. The van der Waals surface area contributed by atoms with Gasteiger partial charge in [0.1, 0.15) is 28.3 Å². The van der Waals surface area contributed by atoms with Gasteiger partial charge in [-0.3, -0.25) is 9.89 Å². The molecular formula is C21H19Cl2F5N8OS. The summed E-state index contributed by atoms with van der Waals surface area (Å²) in [4.78, 5) is 15.2. The minimum absolute atomic E-state index is 0.0137. The van der Waals surface area contributed by atoms with Crippen LogP contribution in [0.2, 0.25) is 10.0 Å². The molecule has 2 aromatic heterocycles. The molecule has 5 rings (SSSR count). The standard InChI is InChI=1S/C21H19Cl2F5N8OS/c1-10-31-16(34-33-10)9-30-20(37)21(4-5-21)17-15(8-29)35-36(19(17)32-11-2-3-11)18-13(22)6-12(7-14(18)23)38(24,25,26,27)28/h6-7,11,32H,2-5,9H2,1H3,(H,30,37)(H,31,33,34). The number of hydrogen-bond acceptors (Lipinski definition) is 6. The van der Waals surface area contributed by atoms with Crippen molar-refractivity contribution in [2.24, 2.45) is 0 Å². The molecule has 2 fully saturated rings. The van der Waals surface area contributed by atoms with Crippen molar-refractivity contribution in [1.29, 1.82) is 5.26 Å². The van der Waals surface area contributed by atoms with Crippen molar-refractivity contribution in [1.82, 2.24) is 30.3 Å². The van der Waals surface area contributed by atoms with Crippen LogP contribution in [0.3, 0.4) is 0 Å². The number of nitrogens with one attached hydrogen (secondary N) is 3. The molecule has 2 saturated carbocycles. The lowest BCUT2D eigenvalue weighted by Gasteiger charge is -2.40. The van der Waals surface area contributed by atoms with Crippen LogP contribution in [-0.4, -0.2) is 36.9 Å². The maximum absolute atomic E-state index is 13.4. The Balaban J connectivity index is 1.60. The molecule has 38 heavy (non-hydrogen) atoms. The lowest BCUT2D eigenvalue weighted by Crippen LogP contribution is -2.35. The highest BCUT2D eigenvalue weighted by Gasteiger charge is 2.66. The Kier molecular flexibility index (Phi) is 5.56. The van der Waals surface area contributed by atoms with Gasteiger partial charge in [-0.1, -0.05) is 42.6 Å². The van der Waals surface area contributed by atoms with Crippen LogP contribution < -0.4 is 10.6 Å². The summed E-state index contributed by atoms with van der Waals surface area (Å²) in [6.45, 7) is 1.71. The number of aromatic amines is 1. The summed E-state index contributed by atoms with van der Waals surface area (Å²) in [5.41, 5.74) is -1.47. The Morgan fingerprint density at radius 3 is 2.34 bits per heavy atom. The quantitative estimate of drug-likeness (QED) is 0.272. The first-order chi connectivity index (χ1) is 17.5. The molecule has 0 bridgehead atoms. The summed E-state index contributed by atoms with van der Waals surface area (Å²) < 4.78 is 68.1. The average molecular weight is 597 g/mol. The molecule has 2 aliphatic carbocycles. The summed E-state index contributed by atoms with van der Waals surface area (Å²) in [5.74, 6) is 0.615. The minimum Gasteiger partial charge on any atom is -0.367 e. The molecule has 3 aromatic rings. The molecule has 0 saturated heterocycles. The van der Waals surface area contributed by atoms with Gasteiger partial charge in [-0.2, -0.15) is 15.5 Å². The van der Waals surface area contributed by atoms with E-state index in [1.165, 1.54) is 0 Å². The van der Waals surface area contributed by atoms with Crippen LogP contribution in [0.25, 0.3) is 5.69 Å². The number of nitriles is 1. The first-order valence-corrected chi connectivity index (χ1v) is 13.9. The third-order valence-corrected chi connectivity index (χ3v) is 7.97. The largest absolute Gasteiger partial charge is 0.367 e. The number of aromatic nitrogens is 5. The fourth-order valence-corrected chi connectivity index (χ4v) is 5.60. The van der Waals surface area contributed by atoms with Crippen molar-refractivity contribution in [3.63, 3.8) is 0 Å². The van der Waals surface area contributed by atoms with Crippen LogP contribution >= 0.6 is 33.4 Å². The number of rotatable bonds is 8. The van der Waals surface area contributed by atoms with E-state index in [1.807, 2.05) is 6.07 Å². The van der Waals surface area contributed by atoms with Crippen LogP contribution in [0.1, 0.15) is 48.6 Å². The normalized spacial score (nSPS) is 18.3. The summed E-state index contributed by atoms with van der Waals surface area (Å²) in [6.07, 6.45) is 2.22. The molecule has 0 unspecified atom stereocenters. The highest BCUT2D eigenvalue weighted by atomic mass is 35.5. The number of halogens is 7. The Bertz CT molecular complexity index is 1500. The maximum atomic E-state index is 13.4. The van der Waals surface area contributed by atoms with Crippen LogP contribution in [0, 0.1) is 18.3 Å². The highest BCUT2D eigenvalue weighted by molar-refractivity contribution is 8.45. The number of carbonyl (C=O) groups excluding carboxylic acids is 1. The molecule has 204 valence electrons. The molecule has 1 aromatic carbocycles. The molecular weight excluding hydrogens is 578 g/mol. The van der Waals surface area contributed by atoms with Gasteiger partial charge < -0.3 is 10.6 Å². The number of H-pyrrole nitrogens is 1. The second-order valence-electron chi connectivity index (χ2n) is 9.32. The topological polar surface area (TPSA) is 124 Å². The van der Waals surface area contributed by atoms with Crippen molar-refractivity contribution in [3.8, 4) is 11.8 Å². The van der Waals surface area contributed by atoms with Crippen LogP contribution in [0.15, 0.2) is 17.0 Å². The molecule has 2 aliphatic rings. The third-order valence-electron chi connectivity index (χ3n) is 6.27. The van der Waals surface area contributed by atoms with Gasteiger partial charge in [-0.15, -0.1) is 0 Å². The average Bonchev–Trinajstić information content (AvgIpc) is 3.71. The second-order valence-corrected chi connectivity index (χ2v) is 12.5. The molecule has 1 amide bonds. The lowest BCUT2D eigenvalue weighted by molar-refractivity contribution is -0.123. The molecule has 0 spiro atoms. The molecule has 17 heteroatoms.